The zero-order valence-electron chi connectivity index (χ0n) is 17.5. The van der Waals surface area contributed by atoms with Crippen LogP contribution in [0.2, 0.25) is 0 Å². The van der Waals surface area contributed by atoms with Gasteiger partial charge in [0.2, 0.25) is 6.79 Å². The summed E-state index contributed by atoms with van der Waals surface area (Å²) in [6.45, 7) is 3.15. The number of aliphatic imine (C=N–C) groups is 1. The smallest absolute Gasteiger partial charge is 0.387 e. The Morgan fingerprint density at radius 3 is 2.60 bits per heavy atom. The van der Waals surface area contributed by atoms with E-state index in [4.69, 9.17) is 9.47 Å². The Labute approximate surface area is 193 Å². The number of nitrogens with one attached hydrogen (secondary N) is 2. The second-order valence-corrected chi connectivity index (χ2v) is 7.35. The van der Waals surface area contributed by atoms with Gasteiger partial charge in [0.05, 0.1) is 6.54 Å². The van der Waals surface area contributed by atoms with Crippen molar-refractivity contribution < 1.29 is 23.0 Å². The van der Waals surface area contributed by atoms with E-state index in [1.165, 1.54) is 18.9 Å². The molecule has 0 unspecified atom stereocenters. The number of nitrogens with zero attached hydrogens (tertiary/aromatic N) is 2. The van der Waals surface area contributed by atoms with Crippen molar-refractivity contribution in [1.82, 2.24) is 15.5 Å². The summed E-state index contributed by atoms with van der Waals surface area (Å²) in [5.41, 5.74) is 0.516. The Morgan fingerprint density at radius 2 is 1.93 bits per heavy atom. The minimum atomic E-state index is -2.92. The van der Waals surface area contributed by atoms with Crippen LogP contribution in [0, 0.1) is 5.92 Å². The van der Waals surface area contributed by atoms with E-state index in [0.717, 1.165) is 32.0 Å². The first kappa shape index (κ1) is 24.7. The van der Waals surface area contributed by atoms with Gasteiger partial charge in [-0.05, 0) is 58.3 Å². The van der Waals surface area contributed by atoms with Crippen LogP contribution in [-0.2, 0) is 6.54 Å². The van der Waals surface area contributed by atoms with Gasteiger partial charge in [0.15, 0.2) is 17.5 Å². The molecule has 2 N–H and O–H groups in total. The lowest BCUT2D eigenvalue weighted by Crippen LogP contribution is -2.39. The van der Waals surface area contributed by atoms with Crippen molar-refractivity contribution in [2.24, 2.45) is 10.9 Å². The van der Waals surface area contributed by atoms with E-state index in [-0.39, 0.29) is 43.1 Å². The molecule has 0 bridgehead atoms. The molecule has 2 aliphatic rings. The number of hydrogen-bond donors (Lipinski definition) is 2. The van der Waals surface area contributed by atoms with Crippen molar-refractivity contribution in [3.63, 3.8) is 0 Å². The minimum Gasteiger partial charge on any atom is -0.454 e. The van der Waals surface area contributed by atoms with Crippen LogP contribution >= 0.6 is 24.0 Å². The van der Waals surface area contributed by atoms with Crippen LogP contribution in [0.25, 0.3) is 0 Å². The number of benzene rings is 1. The molecular weight excluding hydrogens is 509 g/mol. The number of guanidine groups is 1. The number of hydrogen-bond acceptors (Lipinski definition) is 5. The molecule has 0 radical (unpaired) electrons. The van der Waals surface area contributed by atoms with Crippen LogP contribution in [0.1, 0.15) is 31.7 Å². The van der Waals surface area contributed by atoms with Crippen molar-refractivity contribution in [3.8, 4) is 17.2 Å². The molecule has 1 aromatic carbocycles. The maximum absolute atomic E-state index is 12.8. The molecule has 1 aromatic rings. The summed E-state index contributed by atoms with van der Waals surface area (Å²) >= 11 is 0. The van der Waals surface area contributed by atoms with Gasteiger partial charge in [-0.3, -0.25) is 0 Å². The van der Waals surface area contributed by atoms with Crippen molar-refractivity contribution in [2.45, 2.75) is 39.3 Å². The highest BCUT2D eigenvalue weighted by Crippen LogP contribution is 2.39. The van der Waals surface area contributed by atoms with E-state index in [1.807, 2.05) is 6.92 Å². The van der Waals surface area contributed by atoms with Gasteiger partial charge < -0.3 is 29.7 Å². The summed E-state index contributed by atoms with van der Waals surface area (Å²) in [7, 11) is 2.16. The molecule has 10 heteroatoms. The third kappa shape index (κ3) is 7.29. The molecule has 0 spiro atoms. The second kappa shape index (κ2) is 12.3. The Balaban J connectivity index is 0.00000320. The van der Waals surface area contributed by atoms with Crippen LogP contribution in [0.4, 0.5) is 8.78 Å². The van der Waals surface area contributed by atoms with Gasteiger partial charge in [0.1, 0.15) is 5.75 Å². The topological polar surface area (TPSA) is 67.4 Å². The molecule has 2 aliphatic heterocycles. The van der Waals surface area contributed by atoms with Gasteiger partial charge in [0, 0.05) is 24.7 Å². The Bertz CT molecular complexity index is 701. The Morgan fingerprint density at radius 1 is 1.23 bits per heavy atom. The molecule has 7 nitrogen and oxygen atoms in total. The zero-order valence-corrected chi connectivity index (χ0v) is 19.8. The number of ether oxygens (including phenoxy) is 3. The average molecular weight is 540 g/mol. The third-order valence-corrected chi connectivity index (χ3v) is 5.21. The third-order valence-electron chi connectivity index (χ3n) is 5.21. The van der Waals surface area contributed by atoms with E-state index in [1.54, 1.807) is 6.07 Å². The molecule has 0 amide bonds. The first-order valence-corrected chi connectivity index (χ1v) is 10.1. The molecule has 2 heterocycles. The normalized spacial score (nSPS) is 17.0. The molecule has 170 valence electrons. The number of piperidine rings is 1. The molecule has 1 saturated heterocycles. The lowest BCUT2D eigenvalue weighted by molar-refractivity contribution is -0.0505. The summed E-state index contributed by atoms with van der Waals surface area (Å²) in [6, 6.07) is 3.07. The first-order chi connectivity index (χ1) is 14.0. The maximum atomic E-state index is 12.8. The van der Waals surface area contributed by atoms with Gasteiger partial charge in [-0.2, -0.15) is 8.78 Å². The van der Waals surface area contributed by atoms with Crippen LogP contribution in [0.3, 0.4) is 0 Å². The van der Waals surface area contributed by atoms with Crippen LogP contribution in [0.15, 0.2) is 17.1 Å². The van der Waals surface area contributed by atoms with Crippen molar-refractivity contribution >= 4 is 29.9 Å². The van der Waals surface area contributed by atoms with Gasteiger partial charge >= 0.3 is 6.61 Å². The summed E-state index contributed by atoms with van der Waals surface area (Å²) in [4.78, 5) is 6.90. The Hall–Kier alpha value is -1.56. The lowest BCUT2D eigenvalue weighted by atomic mass is 9.94. The number of rotatable bonds is 8. The van der Waals surface area contributed by atoms with Gasteiger partial charge in [-0.25, -0.2) is 4.99 Å². The van der Waals surface area contributed by atoms with Crippen LogP contribution in [0.5, 0.6) is 17.2 Å². The van der Waals surface area contributed by atoms with E-state index in [0.29, 0.717) is 29.6 Å². The average Bonchev–Trinajstić information content (AvgIpc) is 3.14. The number of likely N-dealkylation sites (tertiary alicyclic amines) is 1. The van der Waals surface area contributed by atoms with Crippen molar-refractivity contribution in [3.05, 3.63) is 17.7 Å². The highest BCUT2D eigenvalue weighted by molar-refractivity contribution is 14.0. The minimum absolute atomic E-state index is 0. The SMILES string of the molecule is CCNC(=NCc1cc2c(cc1OC(F)F)OCO2)NCCC1CCN(C)CC1.I. The van der Waals surface area contributed by atoms with E-state index >= 15 is 0 Å². The first-order valence-electron chi connectivity index (χ1n) is 10.1. The fraction of sp³-hybridized carbons (Fsp3) is 0.650. The molecule has 0 aromatic heterocycles. The highest BCUT2D eigenvalue weighted by Gasteiger charge is 2.20. The highest BCUT2D eigenvalue weighted by atomic mass is 127. The monoisotopic (exact) mass is 540 g/mol. The van der Waals surface area contributed by atoms with Gasteiger partial charge in [0.25, 0.3) is 0 Å². The summed E-state index contributed by atoms with van der Waals surface area (Å²) in [5.74, 6) is 2.34. The summed E-state index contributed by atoms with van der Waals surface area (Å²) in [5, 5.41) is 6.54. The second-order valence-electron chi connectivity index (χ2n) is 7.35. The standard InChI is InChI=1S/C20H30F2N4O3.HI/c1-3-23-20(24-7-4-14-5-8-26(2)9-6-14)25-12-15-10-17-18(28-13-27-17)11-16(15)29-19(21)22;/h10-11,14,19H,3-9,12-13H2,1-2H3,(H2,23,24,25);1H. The van der Waals surface area contributed by atoms with Crippen molar-refractivity contribution in [1.29, 1.82) is 0 Å². The fourth-order valence-electron chi connectivity index (χ4n) is 3.55. The van der Waals surface area contributed by atoms with E-state index in [9.17, 15) is 8.78 Å². The van der Waals surface area contributed by atoms with E-state index in [2.05, 4.69) is 32.3 Å². The van der Waals surface area contributed by atoms with Gasteiger partial charge in [-0.1, -0.05) is 0 Å². The molecule has 0 aliphatic carbocycles. The van der Waals surface area contributed by atoms with Crippen molar-refractivity contribution in [2.75, 3.05) is 40.0 Å². The molecular formula is C20H31F2IN4O3. The largest absolute Gasteiger partial charge is 0.454 e. The zero-order chi connectivity index (χ0) is 20.6. The van der Waals surface area contributed by atoms with Crippen LogP contribution < -0.4 is 24.8 Å². The summed E-state index contributed by atoms with van der Waals surface area (Å²) in [6.07, 6.45) is 3.52. The number of fused-ring (bicyclic) bond motifs is 1. The molecule has 3 rings (SSSR count). The van der Waals surface area contributed by atoms with Crippen LogP contribution in [-0.4, -0.2) is 57.5 Å². The summed E-state index contributed by atoms with van der Waals surface area (Å²) < 4.78 is 40.8. The van der Waals surface area contributed by atoms with Gasteiger partial charge in [-0.15, -0.1) is 24.0 Å². The quantitative estimate of drug-likeness (QED) is 0.300. The predicted molar refractivity (Wildman–Crippen MR) is 122 cm³/mol. The number of halogens is 3. The molecule has 1 fully saturated rings. The predicted octanol–water partition coefficient (Wildman–Crippen LogP) is 3.42. The van der Waals surface area contributed by atoms with E-state index < -0.39 is 6.61 Å². The Kier molecular flexibility index (Phi) is 10.2. The molecule has 0 atom stereocenters. The molecule has 0 saturated carbocycles. The maximum Gasteiger partial charge on any atom is 0.387 e. The molecule has 30 heavy (non-hydrogen) atoms. The lowest BCUT2D eigenvalue weighted by Gasteiger charge is -2.29. The fourth-order valence-corrected chi connectivity index (χ4v) is 3.55. The number of alkyl halides is 2.